The summed E-state index contributed by atoms with van der Waals surface area (Å²) in [5.41, 5.74) is -1.93. The number of benzene rings is 1. The summed E-state index contributed by atoms with van der Waals surface area (Å²) in [6, 6.07) is 1.15. The maximum Gasteiger partial charge on any atom is 0.435 e. The first-order valence-electron chi connectivity index (χ1n) is 10.9. The van der Waals surface area contributed by atoms with E-state index in [4.69, 9.17) is 28.0 Å². The first kappa shape index (κ1) is 25.7. The summed E-state index contributed by atoms with van der Waals surface area (Å²) >= 11 is 12.6. The van der Waals surface area contributed by atoms with Crippen LogP contribution in [0.1, 0.15) is 50.5 Å². The van der Waals surface area contributed by atoms with E-state index in [9.17, 15) is 30.8 Å². The van der Waals surface area contributed by atoms with E-state index in [1.54, 1.807) is 0 Å². The van der Waals surface area contributed by atoms with Crippen molar-refractivity contribution in [1.29, 1.82) is 0 Å². The zero-order valence-corrected chi connectivity index (χ0v) is 21.5. The molecule has 14 heteroatoms. The number of alkyl halides is 3. The van der Waals surface area contributed by atoms with Crippen molar-refractivity contribution in [3.63, 3.8) is 0 Å². The Morgan fingerprint density at radius 1 is 1.14 bits per heavy atom. The molecule has 1 atom stereocenters. The lowest BCUT2D eigenvalue weighted by atomic mass is 9.85. The second kappa shape index (κ2) is 8.85. The first-order valence-corrected chi connectivity index (χ1v) is 14.3. The highest BCUT2D eigenvalue weighted by Gasteiger charge is 2.63. The van der Waals surface area contributed by atoms with Gasteiger partial charge in [0.05, 0.1) is 43.8 Å². The van der Waals surface area contributed by atoms with Gasteiger partial charge in [-0.25, -0.2) is 12.8 Å². The lowest BCUT2D eigenvalue weighted by Gasteiger charge is -2.29. The van der Waals surface area contributed by atoms with Gasteiger partial charge in [0, 0.05) is 5.56 Å². The maximum atomic E-state index is 14.4. The summed E-state index contributed by atoms with van der Waals surface area (Å²) in [4.78, 5) is 18.8. The van der Waals surface area contributed by atoms with E-state index in [1.807, 2.05) is 0 Å². The third-order valence-corrected chi connectivity index (χ3v) is 10.3. The van der Waals surface area contributed by atoms with E-state index in [1.165, 1.54) is 0 Å². The molecule has 1 unspecified atom stereocenters. The maximum absolute atomic E-state index is 14.4. The Labute approximate surface area is 217 Å². The van der Waals surface area contributed by atoms with E-state index in [0.717, 1.165) is 47.4 Å². The number of nitrogens with zero attached hydrogens (tertiary/aromatic N) is 1. The Bertz CT molecular complexity index is 1370. The van der Waals surface area contributed by atoms with Crippen LogP contribution in [-0.4, -0.2) is 43.8 Å². The van der Waals surface area contributed by atoms with E-state index in [-0.39, 0.29) is 17.2 Å². The van der Waals surface area contributed by atoms with Crippen LogP contribution in [0.5, 0.6) is 0 Å². The fourth-order valence-electron chi connectivity index (χ4n) is 4.76. The summed E-state index contributed by atoms with van der Waals surface area (Å²) in [6.45, 7) is 0. The van der Waals surface area contributed by atoms with Crippen LogP contribution in [0.4, 0.5) is 17.6 Å². The molecule has 2 aliphatic heterocycles. The molecule has 2 aromatic rings. The van der Waals surface area contributed by atoms with E-state index >= 15 is 0 Å². The van der Waals surface area contributed by atoms with Crippen LogP contribution >= 0.6 is 34.5 Å². The molecule has 1 aliphatic carbocycles. The number of hydrogen-bond donors (Lipinski definition) is 1. The average Bonchev–Trinajstić information content (AvgIpc) is 3.38. The minimum Gasteiger partial charge on any atom is -0.374 e. The topological polar surface area (TPSA) is 84.8 Å². The quantitative estimate of drug-likeness (QED) is 0.396. The predicted molar refractivity (Wildman–Crippen MR) is 127 cm³/mol. The standard InChI is InChI=1S/C22H18Cl2F4N2O4S2/c23-14-5-10(6-15(24)17(14)25)21(22(26,27)28)7-16(30-34-21)18-12-3-1-2-4-13(12)19(35-18)20(31)29-11-8-36(32,33)9-11/h5-6,11H,1-4,7-9H2,(H,29,31). The summed E-state index contributed by atoms with van der Waals surface area (Å²) in [5, 5.41) is 5.33. The molecular weight excluding hydrogens is 567 g/mol. The first-order chi connectivity index (χ1) is 16.8. The van der Waals surface area contributed by atoms with Crippen LogP contribution in [0.2, 0.25) is 10.0 Å². The SMILES string of the molecule is O=C(NC1CS(=O)(=O)C1)c1sc(C2=NOC(c3cc(Cl)c(F)c(Cl)c3)(C(F)(F)F)C2)c2c1CCCC2. The zero-order valence-electron chi connectivity index (χ0n) is 18.3. The largest absolute Gasteiger partial charge is 0.435 e. The van der Waals surface area contributed by atoms with Crippen LogP contribution in [0, 0.1) is 5.82 Å². The summed E-state index contributed by atoms with van der Waals surface area (Å²) in [5.74, 6) is -1.78. The number of amides is 1. The van der Waals surface area contributed by atoms with Gasteiger partial charge in [-0.1, -0.05) is 28.4 Å². The number of oxime groups is 1. The van der Waals surface area contributed by atoms with Gasteiger partial charge >= 0.3 is 6.18 Å². The van der Waals surface area contributed by atoms with Crippen molar-refractivity contribution in [1.82, 2.24) is 5.32 Å². The van der Waals surface area contributed by atoms with Gasteiger partial charge < -0.3 is 10.2 Å². The van der Waals surface area contributed by atoms with Crippen molar-refractivity contribution >= 4 is 56.0 Å². The molecule has 1 fully saturated rings. The van der Waals surface area contributed by atoms with Gasteiger partial charge in [0.1, 0.15) is 5.71 Å². The van der Waals surface area contributed by atoms with Crippen molar-refractivity contribution in [2.75, 3.05) is 11.5 Å². The molecule has 6 nitrogen and oxygen atoms in total. The number of carbonyl (C=O) groups is 1. The smallest absolute Gasteiger partial charge is 0.374 e. The van der Waals surface area contributed by atoms with Crippen LogP contribution in [0.25, 0.3) is 0 Å². The molecule has 36 heavy (non-hydrogen) atoms. The molecule has 3 heterocycles. The second-order valence-electron chi connectivity index (χ2n) is 9.06. The molecule has 0 radical (unpaired) electrons. The van der Waals surface area contributed by atoms with Gasteiger partial charge in [0.25, 0.3) is 11.5 Å². The lowest BCUT2D eigenvalue weighted by Crippen LogP contribution is -2.52. The minimum absolute atomic E-state index is 0.0114. The van der Waals surface area contributed by atoms with Crippen molar-refractivity contribution in [2.24, 2.45) is 5.16 Å². The third kappa shape index (κ3) is 4.29. The molecule has 0 bridgehead atoms. The molecule has 5 rings (SSSR count). The minimum atomic E-state index is -4.95. The van der Waals surface area contributed by atoms with Gasteiger partial charge in [-0.2, -0.15) is 13.2 Å². The van der Waals surface area contributed by atoms with Gasteiger partial charge in [-0.15, -0.1) is 11.3 Å². The summed E-state index contributed by atoms with van der Waals surface area (Å²) in [6.07, 6.45) is -2.94. The zero-order chi connectivity index (χ0) is 26.0. The highest BCUT2D eigenvalue weighted by atomic mass is 35.5. The number of sulfone groups is 1. The Kier molecular flexibility index (Phi) is 6.33. The van der Waals surface area contributed by atoms with Crippen molar-refractivity contribution in [3.05, 3.63) is 54.4 Å². The molecule has 1 aromatic heterocycles. The van der Waals surface area contributed by atoms with Crippen LogP contribution in [0.3, 0.4) is 0 Å². The number of thiophene rings is 1. The molecule has 1 saturated heterocycles. The number of halogens is 6. The van der Waals surface area contributed by atoms with Crippen LogP contribution in [-0.2, 0) is 33.1 Å². The number of hydrogen-bond acceptors (Lipinski definition) is 6. The average molecular weight is 585 g/mol. The van der Waals surface area contributed by atoms with Crippen molar-refractivity contribution in [3.8, 4) is 0 Å². The molecule has 0 saturated carbocycles. The van der Waals surface area contributed by atoms with Gasteiger partial charge in [0.2, 0.25) is 0 Å². The molecular formula is C22H18Cl2F4N2O4S2. The molecule has 1 N–H and O–H groups in total. The number of nitrogens with one attached hydrogen (secondary N) is 1. The Balaban J connectivity index is 1.50. The monoisotopic (exact) mass is 584 g/mol. The van der Waals surface area contributed by atoms with E-state index < -0.39 is 61.4 Å². The number of rotatable bonds is 4. The molecule has 1 aromatic carbocycles. The van der Waals surface area contributed by atoms with Gasteiger partial charge in [-0.3, -0.25) is 4.79 Å². The van der Waals surface area contributed by atoms with Crippen LogP contribution < -0.4 is 5.32 Å². The third-order valence-electron chi connectivity index (χ3n) is 6.57. The normalized spacial score (nSPS) is 23.4. The molecule has 194 valence electrons. The Hall–Kier alpha value is -1.89. The van der Waals surface area contributed by atoms with Crippen LogP contribution in [0.15, 0.2) is 17.3 Å². The Morgan fingerprint density at radius 3 is 2.33 bits per heavy atom. The highest BCUT2D eigenvalue weighted by molar-refractivity contribution is 7.92. The molecule has 3 aliphatic rings. The highest BCUT2D eigenvalue weighted by Crippen LogP contribution is 2.51. The Morgan fingerprint density at radius 2 is 1.75 bits per heavy atom. The number of carbonyl (C=O) groups excluding carboxylic acids is 1. The van der Waals surface area contributed by atoms with Gasteiger partial charge in [-0.05, 0) is 48.9 Å². The number of fused-ring (bicyclic) bond motifs is 1. The van der Waals surface area contributed by atoms with Gasteiger partial charge in [0.15, 0.2) is 15.7 Å². The lowest BCUT2D eigenvalue weighted by molar-refractivity contribution is -0.275. The second-order valence-corrected chi connectivity index (χ2v) is 13.0. The summed E-state index contributed by atoms with van der Waals surface area (Å²) in [7, 11) is -3.14. The van der Waals surface area contributed by atoms with E-state index in [0.29, 0.717) is 22.6 Å². The molecule has 0 spiro atoms. The fourth-order valence-corrected chi connectivity index (χ4v) is 7.82. The summed E-state index contributed by atoms with van der Waals surface area (Å²) < 4.78 is 80.0. The van der Waals surface area contributed by atoms with Crippen molar-refractivity contribution in [2.45, 2.75) is 49.9 Å². The molecule has 1 amide bonds. The predicted octanol–water partition coefficient (Wildman–Crippen LogP) is 5.18. The van der Waals surface area contributed by atoms with E-state index in [2.05, 4.69) is 10.5 Å². The van der Waals surface area contributed by atoms with Crippen molar-refractivity contribution < 1.29 is 35.6 Å². The fraction of sp³-hybridized carbons (Fsp3) is 0.455.